The number of amides is 1. The molecule has 0 unspecified atom stereocenters. The van der Waals surface area contributed by atoms with Gasteiger partial charge >= 0.3 is 0 Å². The van der Waals surface area contributed by atoms with Gasteiger partial charge in [0.05, 0.1) is 6.04 Å². The molecule has 0 spiro atoms. The van der Waals surface area contributed by atoms with Gasteiger partial charge in [0.2, 0.25) is 5.91 Å². The summed E-state index contributed by atoms with van der Waals surface area (Å²) in [5.41, 5.74) is 2.62. The van der Waals surface area contributed by atoms with Crippen LogP contribution in [0.2, 0.25) is 0 Å². The van der Waals surface area contributed by atoms with E-state index in [0.29, 0.717) is 11.9 Å². The van der Waals surface area contributed by atoms with Crippen LogP contribution in [-0.2, 0) is 4.79 Å². The number of rotatable bonds is 4. The largest absolute Gasteiger partial charge is 0.337 e. The molecular weight excluding hydrogens is 272 g/mol. The second-order valence-electron chi connectivity index (χ2n) is 6.44. The summed E-state index contributed by atoms with van der Waals surface area (Å²) in [6, 6.07) is 11.0. The van der Waals surface area contributed by atoms with Crippen molar-refractivity contribution in [2.24, 2.45) is 0 Å². The average Bonchev–Trinajstić information content (AvgIpc) is 3.01. The Bertz CT molecular complexity index is 552. The Kier molecular flexibility index (Phi) is 4.63. The molecule has 2 fully saturated rings. The molecular formula is C19H26N2O. The highest BCUT2D eigenvalue weighted by Gasteiger charge is 2.40. The van der Waals surface area contributed by atoms with E-state index in [1.54, 1.807) is 0 Å². The molecule has 0 aliphatic carbocycles. The molecule has 3 rings (SSSR count). The van der Waals surface area contributed by atoms with Crippen LogP contribution in [0, 0.1) is 0 Å². The third kappa shape index (κ3) is 2.95. The molecule has 2 heterocycles. The molecule has 3 heteroatoms. The number of fused-ring (bicyclic) bond motifs is 1. The Morgan fingerprint density at radius 2 is 2.09 bits per heavy atom. The molecule has 2 aliphatic rings. The minimum atomic E-state index is -0.00156. The zero-order valence-electron chi connectivity index (χ0n) is 13.7. The third-order valence-electron chi connectivity index (χ3n) is 4.98. The Morgan fingerprint density at radius 1 is 1.32 bits per heavy atom. The number of carbonyl (C=O) groups excluding carboxylic acids is 1. The van der Waals surface area contributed by atoms with Gasteiger partial charge in [0.25, 0.3) is 0 Å². The van der Waals surface area contributed by atoms with Crippen LogP contribution >= 0.6 is 0 Å². The number of hydrogen-bond acceptors (Lipinski definition) is 2. The van der Waals surface area contributed by atoms with Gasteiger partial charge in [0, 0.05) is 25.7 Å². The van der Waals surface area contributed by atoms with Crippen molar-refractivity contribution in [1.29, 1.82) is 0 Å². The molecule has 0 N–H and O–H groups in total. The van der Waals surface area contributed by atoms with Gasteiger partial charge in [-0.15, -0.1) is 0 Å². The molecule has 0 saturated carbocycles. The predicted molar refractivity (Wildman–Crippen MR) is 90.5 cm³/mol. The number of benzene rings is 1. The van der Waals surface area contributed by atoms with Crippen LogP contribution in [0.25, 0.3) is 5.57 Å². The standard InChI is InChI=1S/C19H26N2O/c1-3-8-17(16-9-5-4-6-10-16)13-20-14-18-11-7-12-21(18)19(22)15(20)2/h4-6,8-10,15,18H,3,7,11-14H2,1-2H3/t15-,18-/m1/s1. The number of hydrogen-bond donors (Lipinski definition) is 0. The minimum absolute atomic E-state index is 0.00156. The molecule has 3 nitrogen and oxygen atoms in total. The third-order valence-corrected chi connectivity index (χ3v) is 4.98. The van der Waals surface area contributed by atoms with Gasteiger partial charge in [-0.3, -0.25) is 9.69 Å². The molecule has 0 radical (unpaired) electrons. The van der Waals surface area contributed by atoms with E-state index >= 15 is 0 Å². The number of allylic oxidation sites excluding steroid dienone is 1. The van der Waals surface area contributed by atoms with Gasteiger partial charge in [0.15, 0.2) is 0 Å². The van der Waals surface area contributed by atoms with E-state index in [-0.39, 0.29) is 6.04 Å². The predicted octanol–water partition coefficient (Wildman–Crippen LogP) is 3.18. The first-order valence-electron chi connectivity index (χ1n) is 8.49. The fraction of sp³-hybridized carbons (Fsp3) is 0.526. The maximum Gasteiger partial charge on any atom is 0.239 e. The number of nitrogens with zero attached hydrogens (tertiary/aromatic N) is 2. The molecule has 1 aromatic carbocycles. The van der Waals surface area contributed by atoms with Crippen LogP contribution in [0.5, 0.6) is 0 Å². The van der Waals surface area contributed by atoms with E-state index in [1.807, 2.05) is 0 Å². The first kappa shape index (κ1) is 15.3. The maximum atomic E-state index is 12.6. The molecule has 0 bridgehead atoms. The van der Waals surface area contributed by atoms with Crippen LogP contribution in [-0.4, -0.2) is 47.4 Å². The highest BCUT2D eigenvalue weighted by Crippen LogP contribution is 2.27. The van der Waals surface area contributed by atoms with Gasteiger partial charge < -0.3 is 4.90 Å². The maximum absolute atomic E-state index is 12.6. The van der Waals surface area contributed by atoms with Gasteiger partial charge in [-0.05, 0) is 37.3 Å². The molecule has 22 heavy (non-hydrogen) atoms. The van der Waals surface area contributed by atoms with Crippen molar-refractivity contribution in [3.63, 3.8) is 0 Å². The van der Waals surface area contributed by atoms with Crippen LogP contribution in [0.4, 0.5) is 0 Å². The van der Waals surface area contributed by atoms with Crippen LogP contribution in [0.3, 0.4) is 0 Å². The average molecular weight is 298 g/mol. The summed E-state index contributed by atoms with van der Waals surface area (Å²) >= 11 is 0. The molecule has 1 amide bonds. The van der Waals surface area contributed by atoms with Crippen molar-refractivity contribution in [3.8, 4) is 0 Å². The quantitative estimate of drug-likeness (QED) is 0.852. The smallest absolute Gasteiger partial charge is 0.239 e. The van der Waals surface area contributed by atoms with E-state index in [9.17, 15) is 4.79 Å². The van der Waals surface area contributed by atoms with Gasteiger partial charge in [-0.25, -0.2) is 0 Å². The van der Waals surface area contributed by atoms with Crippen LogP contribution in [0.15, 0.2) is 36.4 Å². The first-order valence-corrected chi connectivity index (χ1v) is 8.49. The van der Waals surface area contributed by atoms with Crippen molar-refractivity contribution < 1.29 is 4.79 Å². The fourth-order valence-corrected chi connectivity index (χ4v) is 3.73. The lowest BCUT2D eigenvalue weighted by atomic mass is 10.0. The Morgan fingerprint density at radius 3 is 2.82 bits per heavy atom. The van der Waals surface area contributed by atoms with Crippen molar-refractivity contribution in [2.75, 3.05) is 19.6 Å². The summed E-state index contributed by atoms with van der Waals surface area (Å²) in [6.45, 7) is 7.08. The zero-order valence-corrected chi connectivity index (χ0v) is 13.7. The SMILES string of the molecule is CCC=C(CN1C[C@H]2CCCN2C(=O)[C@H]1C)c1ccccc1. The molecule has 0 aromatic heterocycles. The molecule has 2 aliphatic heterocycles. The van der Waals surface area contributed by atoms with Crippen molar-refractivity contribution >= 4 is 11.5 Å². The minimum Gasteiger partial charge on any atom is -0.337 e. The van der Waals surface area contributed by atoms with E-state index in [2.05, 4.69) is 60.1 Å². The topological polar surface area (TPSA) is 23.6 Å². The lowest BCUT2D eigenvalue weighted by Gasteiger charge is -2.42. The van der Waals surface area contributed by atoms with Crippen LogP contribution < -0.4 is 0 Å². The highest BCUT2D eigenvalue weighted by molar-refractivity contribution is 5.83. The monoisotopic (exact) mass is 298 g/mol. The van der Waals surface area contributed by atoms with E-state index in [1.165, 1.54) is 11.1 Å². The summed E-state index contributed by atoms with van der Waals surface area (Å²) in [4.78, 5) is 17.0. The summed E-state index contributed by atoms with van der Waals surface area (Å²) < 4.78 is 0. The first-order chi connectivity index (χ1) is 10.7. The summed E-state index contributed by atoms with van der Waals surface area (Å²) in [5.74, 6) is 0.317. The van der Waals surface area contributed by atoms with Crippen LogP contribution in [0.1, 0.15) is 38.7 Å². The van der Waals surface area contributed by atoms with E-state index in [4.69, 9.17) is 0 Å². The lowest BCUT2D eigenvalue weighted by Crippen LogP contribution is -2.58. The summed E-state index contributed by atoms with van der Waals surface area (Å²) in [5, 5.41) is 0. The normalized spacial score (nSPS) is 26.4. The zero-order chi connectivity index (χ0) is 15.5. The van der Waals surface area contributed by atoms with Crippen molar-refractivity contribution in [2.45, 2.75) is 45.2 Å². The number of piperazine rings is 1. The Hall–Kier alpha value is -1.61. The Balaban J connectivity index is 1.78. The molecule has 1 aromatic rings. The molecule has 2 atom stereocenters. The van der Waals surface area contributed by atoms with E-state index < -0.39 is 0 Å². The van der Waals surface area contributed by atoms with E-state index in [0.717, 1.165) is 38.9 Å². The molecule has 2 saturated heterocycles. The van der Waals surface area contributed by atoms with Gasteiger partial charge in [-0.2, -0.15) is 0 Å². The summed E-state index contributed by atoms with van der Waals surface area (Å²) in [7, 11) is 0. The fourth-order valence-electron chi connectivity index (χ4n) is 3.73. The Labute approximate surface area is 133 Å². The second kappa shape index (κ2) is 6.66. The second-order valence-corrected chi connectivity index (χ2v) is 6.44. The lowest BCUT2D eigenvalue weighted by molar-refractivity contribution is -0.142. The highest BCUT2D eigenvalue weighted by atomic mass is 16.2. The number of carbonyl (C=O) groups is 1. The van der Waals surface area contributed by atoms with Gasteiger partial charge in [-0.1, -0.05) is 43.3 Å². The van der Waals surface area contributed by atoms with Crippen molar-refractivity contribution in [1.82, 2.24) is 9.80 Å². The summed E-state index contributed by atoms with van der Waals surface area (Å²) in [6.07, 6.45) is 5.64. The van der Waals surface area contributed by atoms with Gasteiger partial charge in [0.1, 0.15) is 0 Å². The molecule has 118 valence electrons. The van der Waals surface area contributed by atoms with Crippen molar-refractivity contribution in [3.05, 3.63) is 42.0 Å².